The molecule has 17 heavy (non-hydrogen) atoms. The van der Waals surface area contributed by atoms with Gasteiger partial charge in [-0.2, -0.15) is 0 Å². The molecule has 0 radical (unpaired) electrons. The Kier molecular flexibility index (Phi) is 5.16. The smallest absolute Gasteiger partial charge is 0.0942 e. The van der Waals surface area contributed by atoms with Crippen molar-refractivity contribution in [3.63, 3.8) is 0 Å². The van der Waals surface area contributed by atoms with E-state index in [0.717, 1.165) is 5.56 Å². The lowest BCUT2D eigenvalue weighted by Crippen LogP contribution is -2.42. The number of likely N-dealkylation sites (N-methyl/N-ethyl adjacent to an activating group) is 1. The Labute approximate surface area is 105 Å². The molecule has 0 amide bonds. The van der Waals surface area contributed by atoms with Crippen LogP contribution in [0.4, 0.5) is 0 Å². The van der Waals surface area contributed by atoms with Crippen molar-refractivity contribution in [2.45, 2.75) is 45.9 Å². The minimum absolute atomic E-state index is 0.120. The van der Waals surface area contributed by atoms with Crippen LogP contribution in [-0.2, 0) is 0 Å². The molecule has 0 saturated heterocycles. The van der Waals surface area contributed by atoms with Crippen molar-refractivity contribution in [1.29, 1.82) is 0 Å². The summed E-state index contributed by atoms with van der Waals surface area (Å²) in [7, 11) is 2.08. The second-order valence-electron chi connectivity index (χ2n) is 5.25. The average Bonchev–Trinajstić information content (AvgIpc) is 2.36. The number of aliphatic hydroxyl groups is 1. The Bertz CT molecular complexity index is 323. The SMILES string of the molecule is CC(C)[C@@H](C)N(C)[C@@H](C)[C@@H](O)c1ccccc1. The molecular formula is C15H25NO. The molecule has 0 aliphatic carbocycles. The first-order chi connectivity index (χ1) is 7.95. The average molecular weight is 235 g/mol. The third kappa shape index (κ3) is 3.55. The van der Waals surface area contributed by atoms with Crippen molar-refractivity contribution in [3.8, 4) is 0 Å². The summed E-state index contributed by atoms with van der Waals surface area (Å²) in [5, 5.41) is 10.3. The highest BCUT2D eigenvalue weighted by Gasteiger charge is 2.24. The molecule has 0 heterocycles. The molecule has 2 heteroatoms. The summed E-state index contributed by atoms with van der Waals surface area (Å²) in [4.78, 5) is 2.25. The molecule has 0 unspecified atom stereocenters. The van der Waals surface area contributed by atoms with E-state index < -0.39 is 6.10 Å². The summed E-state index contributed by atoms with van der Waals surface area (Å²) >= 11 is 0. The van der Waals surface area contributed by atoms with Crippen LogP contribution in [-0.4, -0.2) is 29.1 Å². The van der Waals surface area contributed by atoms with E-state index in [0.29, 0.717) is 12.0 Å². The van der Waals surface area contributed by atoms with Gasteiger partial charge in [0.25, 0.3) is 0 Å². The first-order valence-electron chi connectivity index (χ1n) is 6.40. The van der Waals surface area contributed by atoms with Crippen LogP contribution < -0.4 is 0 Å². The molecule has 0 saturated carbocycles. The van der Waals surface area contributed by atoms with Gasteiger partial charge in [-0.05, 0) is 32.4 Å². The topological polar surface area (TPSA) is 23.5 Å². The number of hydrogen-bond donors (Lipinski definition) is 1. The van der Waals surface area contributed by atoms with Gasteiger partial charge in [0.05, 0.1) is 6.10 Å². The fourth-order valence-electron chi connectivity index (χ4n) is 1.99. The molecule has 0 aromatic heterocycles. The van der Waals surface area contributed by atoms with E-state index in [1.807, 2.05) is 30.3 Å². The first-order valence-corrected chi connectivity index (χ1v) is 6.40. The molecule has 0 aliphatic heterocycles. The summed E-state index contributed by atoms with van der Waals surface area (Å²) in [6.45, 7) is 8.71. The third-order valence-electron chi connectivity index (χ3n) is 3.85. The van der Waals surface area contributed by atoms with Gasteiger partial charge in [-0.25, -0.2) is 0 Å². The number of nitrogens with zero attached hydrogens (tertiary/aromatic N) is 1. The number of aliphatic hydroxyl groups excluding tert-OH is 1. The monoisotopic (exact) mass is 235 g/mol. The van der Waals surface area contributed by atoms with Crippen LogP contribution in [0.1, 0.15) is 39.4 Å². The van der Waals surface area contributed by atoms with Gasteiger partial charge in [-0.15, -0.1) is 0 Å². The predicted octanol–water partition coefficient (Wildman–Crippen LogP) is 3.08. The third-order valence-corrected chi connectivity index (χ3v) is 3.85. The Hall–Kier alpha value is -0.860. The zero-order valence-electron chi connectivity index (χ0n) is 11.6. The molecule has 1 aromatic rings. The maximum atomic E-state index is 10.3. The summed E-state index contributed by atoms with van der Waals surface area (Å²) in [5.74, 6) is 0.588. The van der Waals surface area contributed by atoms with E-state index >= 15 is 0 Å². The molecule has 2 nitrogen and oxygen atoms in total. The summed E-state index contributed by atoms with van der Waals surface area (Å²) in [5.41, 5.74) is 0.989. The van der Waals surface area contributed by atoms with Crippen LogP contribution in [0, 0.1) is 5.92 Å². The predicted molar refractivity (Wildman–Crippen MR) is 72.9 cm³/mol. The summed E-state index contributed by atoms with van der Waals surface area (Å²) < 4.78 is 0. The molecular weight excluding hydrogens is 210 g/mol. The van der Waals surface area contributed by atoms with Gasteiger partial charge in [0.1, 0.15) is 0 Å². The van der Waals surface area contributed by atoms with Crippen LogP contribution in [0.15, 0.2) is 30.3 Å². The molecule has 1 rings (SSSR count). The van der Waals surface area contributed by atoms with Gasteiger partial charge in [0, 0.05) is 12.1 Å². The van der Waals surface area contributed by atoms with Gasteiger partial charge in [0.15, 0.2) is 0 Å². The van der Waals surface area contributed by atoms with Crippen molar-refractivity contribution in [3.05, 3.63) is 35.9 Å². The zero-order valence-corrected chi connectivity index (χ0v) is 11.6. The van der Waals surface area contributed by atoms with Crippen molar-refractivity contribution < 1.29 is 5.11 Å². The highest BCUT2D eigenvalue weighted by Crippen LogP contribution is 2.22. The molecule has 0 fully saturated rings. The maximum Gasteiger partial charge on any atom is 0.0942 e. The molecule has 1 aromatic carbocycles. The fraction of sp³-hybridized carbons (Fsp3) is 0.600. The molecule has 0 aliphatic rings. The van der Waals surface area contributed by atoms with Gasteiger partial charge in [0.2, 0.25) is 0 Å². The molecule has 96 valence electrons. The second-order valence-corrected chi connectivity index (χ2v) is 5.25. The number of benzene rings is 1. The van der Waals surface area contributed by atoms with E-state index in [-0.39, 0.29) is 6.04 Å². The lowest BCUT2D eigenvalue weighted by atomic mass is 9.98. The standard InChI is InChI=1S/C15H25NO/c1-11(2)12(3)16(5)13(4)15(17)14-9-7-6-8-10-14/h6-13,15,17H,1-5H3/t12-,13+,15-/m1/s1. The van der Waals surface area contributed by atoms with Crippen molar-refractivity contribution in [2.75, 3.05) is 7.05 Å². The minimum atomic E-state index is -0.428. The molecule has 1 N–H and O–H groups in total. The Morgan fingerprint density at radius 2 is 1.47 bits per heavy atom. The van der Waals surface area contributed by atoms with E-state index in [2.05, 4.69) is 39.6 Å². The highest BCUT2D eigenvalue weighted by molar-refractivity contribution is 5.18. The van der Waals surface area contributed by atoms with Crippen LogP contribution in [0.5, 0.6) is 0 Å². The van der Waals surface area contributed by atoms with Crippen LogP contribution >= 0.6 is 0 Å². The van der Waals surface area contributed by atoms with Crippen LogP contribution in [0.2, 0.25) is 0 Å². The van der Waals surface area contributed by atoms with Gasteiger partial charge >= 0.3 is 0 Å². The van der Waals surface area contributed by atoms with Gasteiger partial charge < -0.3 is 5.11 Å². The van der Waals surface area contributed by atoms with Crippen LogP contribution in [0.3, 0.4) is 0 Å². The summed E-state index contributed by atoms with van der Waals surface area (Å²) in [6.07, 6.45) is -0.428. The first kappa shape index (κ1) is 14.2. The lowest BCUT2D eigenvalue weighted by Gasteiger charge is -2.35. The number of rotatable bonds is 5. The number of hydrogen-bond acceptors (Lipinski definition) is 2. The largest absolute Gasteiger partial charge is 0.387 e. The minimum Gasteiger partial charge on any atom is -0.387 e. The van der Waals surface area contributed by atoms with Gasteiger partial charge in [-0.3, -0.25) is 4.90 Å². The Morgan fingerprint density at radius 1 is 0.941 bits per heavy atom. The molecule has 3 atom stereocenters. The van der Waals surface area contributed by atoms with E-state index in [4.69, 9.17) is 0 Å². The molecule has 0 bridgehead atoms. The van der Waals surface area contributed by atoms with Crippen molar-refractivity contribution in [2.24, 2.45) is 5.92 Å². The highest BCUT2D eigenvalue weighted by atomic mass is 16.3. The zero-order chi connectivity index (χ0) is 13.0. The second kappa shape index (κ2) is 6.18. The quantitative estimate of drug-likeness (QED) is 0.847. The van der Waals surface area contributed by atoms with Gasteiger partial charge in [-0.1, -0.05) is 44.2 Å². The normalized spacial score (nSPS) is 17.2. The van der Waals surface area contributed by atoms with Crippen molar-refractivity contribution >= 4 is 0 Å². The van der Waals surface area contributed by atoms with Crippen LogP contribution in [0.25, 0.3) is 0 Å². The Morgan fingerprint density at radius 3 is 1.94 bits per heavy atom. The van der Waals surface area contributed by atoms with Crippen molar-refractivity contribution in [1.82, 2.24) is 4.90 Å². The fourth-order valence-corrected chi connectivity index (χ4v) is 1.99. The maximum absolute atomic E-state index is 10.3. The lowest BCUT2D eigenvalue weighted by molar-refractivity contribution is 0.0419. The Balaban J connectivity index is 2.73. The van der Waals surface area contributed by atoms with E-state index in [9.17, 15) is 5.11 Å². The van der Waals surface area contributed by atoms with E-state index in [1.165, 1.54) is 0 Å². The molecule has 0 spiro atoms. The van der Waals surface area contributed by atoms with E-state index in [1.54, 1.807) is 0 Å². The summed E-state index contributed by atoms with van der Waals surface area (Å²) in [6, 6.07) is 10.5.